The highest BCUT2D eigenvalue weighted by Gasteiger charge is 2.20. The molecule has 1 saturated heterocycles. The summed E-state index contributed by atoms with van der Waals surface area (Å²) in [5.74, 6) is -0.384. The number of carbonyl (C=O) groups excluding carboxylic acids is 2. The Morgan fingerprint density at radius 3 is 2.63 bits per heavy atom. The van der Waals surface area contributed by atoms with E-state index in [9.17, 15) is 19.1 Å². The first-order valence-corrected chi connectivity index (χ1v) is 9.31. The number of carbonyl (C=O) groups is 2. The zero-order valence-electron chi connectivity index (χ0n) is 16.2. The third kappa shape index (κ3) is 6.09. The van der Waals surface area contributed by atoms with Crippen molar-refractivity contribution in [2.75, 3.05) is 42.9 Å². The van der Waals surface area contributed by atoms with Crippen LogP contribution in [0.4, 0.5) is 20.6 Å². The number of urea groups is 1. The van der Waals surface area contributed by atoms with Crippen molar-refractivity contribution in [2.45, 2.75) is 33.3 Å². The van der Waals surface area contributed by atoms with Crippen LogP contribution in [0, 0.1) is 11.7 Å². The molecule has 0 saturated carbocycles. The Bertz CT molecular complexity index is 668. The molecule has 150 valence electrons. The van der Waals surface area contributed by atoms with E-state index in [4.69, 9.17) is 0 Å². The molecular formula is C19H29FN4O3. The molecule has 2 rings (SSSR count). The maximum atomic E-state index is 13.7. The van der Waals surface area contributed by atoms with Crippen LogP contribution >= 0.6 is 0 Å². The van der Waals surface area contributed by atoms with Gasteiger partial charge in [0.2, 0.25) is 5.91 Å². The van der Waals surface area contributed by atoms with Crippen LogP contribution in [0.3, 0.4) is 0 Å². The first-order chi connectivity index (χ1) is 12.8. The van der Waals surface area contributed by atoms with Crippen molar-refractivity contribution in [1.29, 1.82) is 0 Å². The molecule has 1 aromatic carbocycles. The predicted octanol–water partition coefficient (Wildman–Crippen LogP) is 2.02. The van der Waals surface area contributed by atoms with E-state index >= 15 is 0 Å². The van der Waals surface area contributed by atoms with E-state index in [0.29, 0.717) is 37.6 Å². The number of rotatable bonds is 5. The molecule has 0 radical (unpaired) electrons. The van der Waals surface area contributed by atoms with Gasteiger partial charge in [-0.25, -0.2) is 9.18 Å². The number of halogens is 1. The average molecular weight is 380 g/mol. The molecule has 0 bridgehead atoms. The molecule has 1 heterocycles. The molecule has 8 heteroatoms. The van der Waals surface area contributed by atoms with Crippen molar-refractivity contribution < 1.29 is 19.1 Å². The number of nitrogens with zero attached hydrogens (tertiary/aromatic N) is 2. The van der Waals surface area contributed by atoms with Gasteiger partial charge >= 0.3 is 6.03 Å². The Labute approximate surface area is 159 Å². The van der Waals surface area contributed by atoms with Crippen molar-refractivity contribution in [2.24, 2.45) is 5.92 Å². The summed E-state index contributed by atoms with van der Waals surface area (Å²) in [6, 6.07) is 3.77. The second kappa shape index (κ2) is 9.55. The highest BCUT2D eigenvalue weighted by molar-refractivity contribution is 5.93. The number of hydrogen-bond donors (Lipinski definition) is 3. The van der Waals surface area contributed by atoms with Crippen molar-refractivity contribution in [3.05, 3.63) is 24.0 Å². The maximum Gasteiger partial charge on any atom is 0.319 e. The van der Waals surface area contributed by atoms with Crippen molar-refractivity contribution >= 4 is 23.3 Å². The predicted molar refractivity (Wildman–Crippen MR) is 103 cm³/mol. The number of nitrogens with one attached hydrogen (secondary N) is 2. The van der Waals surface area contributed by atoms with E-state index in [-0.39, 0.29) is 18.4 Å². The summed E-state index contributed by atoms with van der Waals surface area (Å²) in [6.45, 7) is 7.97. The van der Waals surface area contributed by atoms with Crippen LogP contribution in [0.15, 0.2) is 18.2 Å². The molecule has 0 aromatic heterocycles. The Balaban J connectivity index is 2.08. The average Bonchev–Trinajstić information content (AvgIpc) is 2.86. The second-order valence-electron chi connectivity index (χ2n) is 7.15. The SMILES string of the molecule is CC(=O)N1CCCN(c2ccc(F)cc2NC(=O)NCC(O)C(C)C)CC1. The maximum absolute atomic E-state index is 13.7. The molecular weight excluding hydrogens is 351 g/mol. The monoisotopic (exact) mass is 380 g/mol. The lowest BCUT2D eigenvalue weighted by Crippen LogP contribution is -2.38. The van der Waals surface area contributed by atoms with Crippen LogP contribution in [0.5, 0.6) is 0 Å². The van der Waals surface area contributed by atoms with Gasteiger partial charge in [0.15, 0.2) is 0 Å². The fraction of sp³-hybridized carbons (Fsp3) is 0.579. The first kappa shape index (κ1) is 21.0. The standard InChI is InChI=1S/C19H29FN4O3/c1-13(2)18(26)12-21-19(27)22-16-11-15(20)5-6-17(16)24-8-4-7-23(9-10-24)14(3)25/h5-6,11,13,18,26H,4,7-10,12H2,1-3H3,(H2,21,22,27). The van der Waals surface area contributed by atoms with Crippen molar-refractivity contribution in [3.8, 4) is 0 Å². The lowest BCUT2D eigenvalue weighted by atomic mass is 10.1. The number of aliphatic hydroxyl groups is 1. The number of hydrogen-bond acceptors (Lipinski definition) is 4. The summed E-state index contributed by atoms with van der Waals surface area (Å²) in [7, 11) is 0. The lowest BCUT2D eigenvalue weighted by Gasteiger charge is -2.26. The van der Waals surface area contributed by atoms with Gasteiger partial charge in [-0.05, 0) is 30.5 Å². The molecule has 3 N–H and O–H groups in total. The minimum Gasteiger partial charge on any atom is -0.391 e. The molecule has 1 fully saturated rings. The third-order valence-electron chi connectivity index (χ3n) is 4.73. The van der Waals surface area contributed by atoms with E-state index in [1.54, 1.807) is 17.9 Å². The number of aliphatic hydroxyl groups excluding tert-OH is 1. The summed E-state index contributed by atoms with van der Waals surface area (Å²) in [4.78, 5) is 27.6. The van der Waals surface area contributed by atoms with Gasteiger partial charge in [0.1, 0.15) is 5.82 Å². The van der Waals surface area contributed by atoms with E-state index in [1.165, 1.54) is 12.1 Å². The van der Waals surface area contributed by atoms with Gasteiger partial charge in [0.25, 0.3) is 0 Å². The van der Waals surface area contributed by atoms with Gasteiger partial charge in [0.05, 0.1) is 17.5 Å². The Kier molecular flexibility index (Phi) is 7.41. The quantitative estimate of drug-likeness (QED) is 0.730. The van der Waals surface area contributed by atoms with E-state index in [2.05, 4.69) is 10.6 Å². The molecule has 1 aliphatic rings. The van der Waals surface area contributed by atoms with Crippen LogP contribution in [0.1, 0.15) is 27.2 Å². The summed E-state index contributed by atoms with van der Waals surface area (Å²) in [5.41, 5.74) is 1.07. The van der Waals surface area contributed by atoms with Crippen LogP contribution in [0.25, 0.3) is 0 Å². The molecule has 3 amide bonds. The normalized spacial score (nSPS) is 16.1. The molecule has 1 atom stereocenters. The summed E-state index contributed by atoms with van der Waals surface area (Å²) >= 11 is 0. The highest BCUT2D eigenvalue weighted by atomic mass is 19.1. The van der Waals surface area contributed by atoms with Gasteiger partial charge in [-0.1, -0.05) is 13.8 Å². The fourth-order valence-corrected chi connectivity index (χ4v) is 2.96. The third-order valence-corrected chi connectivity index (χ3v) is 4.73. The second-order valence-corrected chi connectivity index (χ2v) is 7.15. The topological polar surface area (TPSA) is 84.9 Å². The van der Waals surface area contributed by atoms with Crippen LogP contribution in [-0.4, -0.2) is 60.8 Å². The molecule has 0 aliphatic carbocycles. The van der Waals surface area contributed by atoms with Crippen LogP contribution < -0.4 is 15.5 Å². The lowest BCUT2D eigenvalue weighted by molar-refractivity contribution is -0.128. The zero-order valence-corrected chi connectivity index (χ0v) is 16.2. The smallest absolute Gasteiger partial charge is 0.319 e. The first-order valence-electron chi connectivity index (χ1n) is 9.31. The van der Waals surface area contributed by atoms with E-state index in [1.807, 2.05) is 18.7 Å². The van der Waals surface area contributed by atoms with Gasteiger partial charge in [0, 0.05) is 39.6 Å². The number of amides is 3. The Hall–Kier alpha value is -2.35. The molecule has 1 unspecified atom stereocenters. The summed E-state index contributed by atoms with van der Waals surface area (Å²) < 4.78 is 13.7. The number of anilines is 2. The minimum atomic E-state index is -0.647. The summed E-state index contributed by atoms with van der Waals surface area (Å²) in [6.07, 6.45) is 0.148. The highest BCUT2D eigenvalue weighted by Crippen LogP contribution is 2.28. The van der Waals surface area contributed by atoms with Gasteiger partial charge < -0.3 is 25.5 Å². The molecule has 7 nitrogen and oxygen atoms in total. The van der Waals surface area contributed by atoms with Crippen molar-refractivity contribution in [1.82, 2.24) is 10.2 Å². The van der Waals surface area contributed by atoms with Crippen LogP contribution in [0.2, 0.25) is 0 Å². The van der Waals surface area contributed by atoms with Gasteiger partial charge in [-0.3, -0.25) is 4.79 Å². The Morgan fingerprint density at radius 2 is 1.96 bits per heavy atom. The summed E-state index contributed by atoms with van der Waals surface area (Å²) in [5, 5.41) is 15.1. The van der Waals surface area contributed by atoms with E-state index in [0.717, 1.165) is 6.42 Å². The fourth-order valence-electron chi connectivity index (χ4n) is 2.96. The molecule has 0 spiro atoms. The molecule has 27 heavy (non-hydrogen) atoms. The van der Waals surface area contributed by atoms with E-state index < -0.39 is 18.0 Å². The van der Waals surface area contributed by atoms with Crippen LogP contribution in [-0.2, 0) is 4.79 Å². The zero-order chi connectivity index (χ0) is 20.0. The largest absolute Gasteiger partial charge is 0.391 e. The Morgan fingerprint density at radius 1 is 1.22 bits per heavy atom. The van der Waals surface area contributed by atoms with Gasteiger partial charge in [-0.15, -0.1) is 0 Å². The van der Waals surface area contributed by atoms with Crippen molar-refractivity contribution in [3.63, 3.8) is 0 Å². The molecule has 1 aliphatic heterocycles. The minimum absolute atomic E-state index is 0.0244. The molecule has 1 aromatic rings. The number of benzene rings is 1. The van der Waals surface area contributed by atoms with Gasteiger partial charge in [-0.2, -0.15) is 0 Å².